The van der Waals surface area contributed by atoms with Crippen molar-refractivity contribution in [1.82, 2.24) is 9.88 Å². The van der Waals surface area contributed by atoms with Crippen LogP contribution in [0.3, 0.4) is 0 Å². The van der Waals surface area contributed by atoms with Crippen molar-refractivity contribution in [2.75, 3.05) is 19.7 Å². The molecule has 0 spiro atoms. The molecule has 164 valence electrons. The van der Waals surface area contributed by atoms with Crippen molar-refractivity contribution in [2.24, 2.45) is 5.73 Å². The average Bonchev–Trinajstić information content (AvgIpc) is 2.84. The third kappa shape index (κ3) is 5.18. The highest BCUT2D eigenvalue weighted by atomic mass is 19.1. The SMILES string of the molecule is NC(=O)c1cccc(-c2cccc([C@H]3CN(C(=O)CCc4ccc(F)cc4)CCO3)n2)c1. The van der Waals surface area contributed by atoms with Crippen LogP contribution >= 0.6 is 0 Å². The number of amides is 2. The fraction of sp³-hybridized carbons (Fsp3) is 0.240. The van der Waals surface area contributed by atoms with Gasteiger partial charge in [-0.1, -0.05) is 30.3 Å². The summed E-state index contributed by atoms with van der Waals surface area (Å²) in [6, 6.07) is 18.8. The number of carbonyl (C=O) groups is 2. The van der Waals surface area contributed by atoms with Crippen molar-refractivity contribution < 1.29 is 18.7 Å². The van der Waals surface area contributed by atoms with Gasteiger partial charge in [0.05, 0.1) is 24.5 Å². The number of rotatable bonds is 6. The highest BCUT2D eigenvalue weighted by Gasteiger charge is 2.26. The van der Waals surface area contributed by atoms with E-state index in [1.54, 1.807) is 35.2 Å². The maximum absolute atomic E-state index is 13.1. The summed E-state index contributed by atoms with van der Waals surface area (Å²) in [5, 5.41) is 0. The quantitative estimate of drug-likeness (QED) is 0.645. The first-order valence-corrected chi connectivity index (χ1v) is 10.5. The molecule has 2 aromatic carbocycles. The molecule has 1 aliphatic rings. The van der Waals surface area contributed by atoms with Crippen LogP contribution in [0.2, 0.25) is 0 Å². The van der Waals surface area contributed by atoms with E-state index in [4.69, 9.17) is 15.5 Å². The third-order valence-electron chi connectivity index (χ3n) is 5.50. The van der Waals surface area contributed by atoms with Gasteiger partial charge in [0, 0.05) is 24.1 Å². The minimum atomic E-state index is -0.492. The van der Waals surface area contributed by atoms with E-state index in [-0.39, 0.29) is 17.8 Å². The Morgan fingerprint density at radius 3 is 2.66 bits per heavy atom. The number of morpholine rings is 1. The largest absolute Gasteiger partial charge is 0.368 e. The molecule has 2 N–H and O–H groups in total. The molecule has 3 aromatic rings. The van der Waals surface area contributed by atoms with Crippen molar-refractivity contribution in [3.05, 3.63) is 89.4 Å². The number of carbonyl (C=O) groups excluding carboxylic acids is 2. The molecule has 0 bridgehead atoms. The summed E-state index contributed by atoms with van der Waals surface area (Å²) in [6.07, 6.45) is 0.578. The predicted octanol–water partition coefficient (Wildman–Crippen LogP) is 3.52. The zero-order valence-corrected chi connectivity index (χ0v) is 17.5. The van der Waals surface area contributed by atoms with Crippen molar-refractivity contribution in [1.29, 1.82) is 0 Å². The number of pyridine rings is 1. The van der Waals surface area contributed by atoms with E-state index in [0.717, 1.165) is 16.8 Å². The van der Waals surface area contributed by atoms with Crippen LogP contribution in [0.4, 0.5) is 4.39 Å². The fourth-order valence-corrected chi connectivity index (χ4v) is 3.74. The topological polar surface area (TPSA) is 85.5 Å². The molecule has 0 radical (unpaired) electrons. The van der Waals surface area contributed by atoms with E-state index in [1.807, 2.05) is 24.3 Å². The van der Waals surface area contributed by atoms with Crippen molar-refractivity contribution >= 4 is 11.8 Å². The standard InChI is InChI=1S/C25H24FN3O3/c26-20-10-7-17(8-11-20)9-12-24(30)29-13-14-32-23(16-29)22-6-2-5-21(28-22)18-3-1-4-19(15-18)25(27)31/h1-8,10-11,15,23H,9,12-14,16H2,(H2,27,31)/t23-/m1/s1. The normalized spacial score (nSPS) is 16.0. The lowest BCUT2D eigenvalue weighted by atomic mass is 10.1. The Kier molecular flexibility index (Phi) is 6.56. The maximum atomic E-state index is 13.1. The number of hydrogen-bond acceptors (Lipinski definition) is 4. The van der Waals surface area contributed by atoms with Gasteiger partial charge in [-0.3, -0.25) is 9.59 Å². The zero-order chi connectivity index (χ0) is 22.5. The number of aromatic nitrogens is 1. The summed E-state index contributed by atoms with van der Waals surface area (Å²) in [6.45, 7) is 1.37. The summed E-state index contributed by atoms with van der Waals surface area (Å²) in [7, 11) is 0. The Labute approximate surface area is 185 Å². The van der Waals surface area contributed by atoms with Gasteiger partial charge in [0.25, 0.3) is 0 Å². The summed E-state index contributed by atoms with van der Waals surface area (Å²) < 4.78 is 19.0. The van der Waals surface area contributed by atoms with Crippen LogP contribution < -0.4 is 5.73 Å². The molecule has 6 nitrogen and oxygen atoms in total. The Morgan fingerprint density at radius 1 is 1.09 bits per heavy atom. The molecule has 1 saturated heterocycles. The molecule has 4 rings (SSSR count). The Hall–Kier alpha value is -3.58. The second-order valence-corrected chi connectivity index (χ2v) is 7.72. The summed E-state index contributed by atoms with van der Waals surface area (Å²) in [5.74, 6) is -0.742. The number of nitrogens with zero attached hydrogens (tertiary/aromatic N) is 2. The zero-order valence-electron chi connectivity index (χ0n) is 17.5. The van der Waals surface area contributed by atoms with Gasteiger partial charge >= 0.3 is 0 Å². The minimum Gasteiger partial charge on any atom is -0.368 e. The molecule has 0 aliphatic carbocycles. The van der Waals surface area contributed by atoms with Crippen LogP contribution in [-0.2, 0) is 16.0 Å². The molecular weight excluding hydrogens is 409 g/mol. The van der Waals surface area contributed by atoms with Gasteiger partial charge in [0.1, 0.15) is 11.9 Å². The summed E-state index contributed by atoms with van der Waals surface area (Å²) in [4.78, 5) is 30.7. The second-order valence-electron chi connectivity index (χ2n) is 7.72. The Bertz CT molecular complexity index is 1120. The molecule has 7 heteroatoms. The van der Waals surface area contributed by atoms with Crippen LogP contribution in [0, 0.1) is 5.82 Å². The highest BCUT2D eigenvalue weighted by molar-refractivity contribution is 5.94. The van der Waals surface area contributed by atoms with Crippen LogP contribution in [0.1, 0.15) is 34.1 Å². The average molecular weight is 433 g/mol. The molecule has 2 amide bonds. The number of ether oxygens (including phenoxy) is 1. The smallest absolute Gasteiger partial charge is 0.248 e. The van der Waals surface area contributed by atoms with Gasteiger partial charge in [-0.15, -0.1) is 0 Å². The first kappa shape index (κ1) is 21.6. The lowest BCUT2D eigenvalue weighted by Crippen LogP contribution is -2.42. The predicted molar refractivity (Wildman–Crippen MR) is 118 cm³/mol. The van der Waals surface area contributed by atoms with Crippen molar-refractivity contribution in [3.63, 3.8) is 0 Å². The van der Waals surface area contributed by atoms with Crippen molar-refractivity contribution in [2.45, 2.75) is 18.9 Å². The van der Waals surface area contributed by atoms with E-state index in [2.05, 4.69) is 0 Å². The van der Waals surface area contributed by atoms with E-state index in [1.165, 1.54) is 12.1 Å². The van der Waals surface area contributed by atoms with Crippen LogP contribution in [-0.4, -0.2) is 41.4 Å². The molecule has 1 atom stereocenters. The minimum absolute atomic E-state index is 0.0351. The number of aryl methyl sites for hydroxylation is 1. The van der Waals surface area contributed by atoms with Gasteiger partial charge in [-0.05, 0) is 48.4 Å². The first-order valence-electron chi connectivity index (χ1n) is 10.5. The monoisotopic (exact) mass is 433 g/mol. The molecule has 1 aromatic heterocycles. The number of primary amides is 1. The van der Waals surface area contributed by atoms with Crippen molar-refractivity contribution in [3.8, 4) is 11.3 Å². The molecule has 0 unspecified atom stereocenters. The van der Waals surface area contributed by atoms with E-state index in [0.29, 0.717) is 43.8 Å². The molecule has 0 saturated carbocycles. The molecule has 1 fully saturated rings. The van der Waals surface area contributed by atoms with Gasteiger partial charge in [0.15, 0.2) is 0 Å². The number of nitrogens with two attached hydrogens (primary N) is 1. The Balaban J connectivity index is 1.43. The highest BCUT2D eigenvalue weighted by Crippen LogP contribution is 2.25. The van der Waals surface area contributed by atoms with Gasteiger partial charge in [-0.2, -0.15) is 0 Å². The molecular formula is C25H24FN3O3. The van der Waals surface area contributed by atoms with Gasteiger partial charge in [-0.25, -0.2) is 9.37 Å². The lowest BCUT2D eigenvalue weighted by Gasteiger charge is -2.33. The fourth-order valence-electron chi connectivity index (χ4n) is 3.74. The molecule has 2 heterocycles. The molecule has 1 aliphatic heterocycles. The van der Waals surface area contributed by atoms with E-state index in [9.17, 15) is 14.0 Å². The Morgan fingerprint density at radius 2 is 1.88 bits per heavy atom. The summed E-state index contributed by atoms with van der Waals surface area (Å²) >= 11 is 0. The number of hydrogen-bond donors (Lipinski definition) is 1. The molecule has 32 heavy (non-hydrogen) atoms. The summed E-state index contributed by atoms with van der Waals surface area (Å²) in [5.41, 5.74) is 8.94. The second kappa shape index (κ2) is 9.70. The number of benzene rings is 2. The van der Waals surface area contributed by atoms with Gasteiger partial charge in [0.2, 0.25) is 11.8 Å². The lowest BCUT2D eigenvalue weighted by molar-refractivity contribution is -0.139. The van der Waals surface area contributed by atoms with E-state index >= 15 is 0 Å². The first-order chi connectivity index (χ1) is 15.5. The van der Waals surface area contributed by atoms with Crippen LogP contribution in [0.25, 0.3) is 11.3 Å². The number of halogens is 1. The van der Waals surface area contributed by atoms with E-state index < -0.39 is 5.91 Å². The van der Waals surface area contributed by atoms with Crippen LogP contribution in [0.5, 0.6) is 0 Å². The maximum Gasteiger partial charge on any atom is 0.248 e. The third-order valence-corrected chi connectivity index (χ3v) is 5.50. The van der Waals surface area contributed by atoms with Crippen LogP contribution in [0.15, 0.2) is 66.7 Å². The van der Waals surface area contributed by atoms with Gasteiger partial charge < -0.3 is 15.4 Å².